The van der Waals surface area contributed by atoms with Gasteiger partial charge >= 0.3 is 0 Å². The molecular formula is C17H24ClFN2. The lowest BCUT2D eigenvalue weighted by Gasteiger charge is -2.40. The Balaban J connectivity index is 1.85. The molecule has 2 bridgehead atoms. The number of hydrogen-bond donors (Lipinski definition) is 1. The van der Waals surface area contributed by atoms with Crippen molar-refractivity contribution < 1.29 is 4.39 Å². The summed E-state index contributed by atoms with van der Waals surface area (Å²) in [5, 5.41) is 3.98. The maximum absolute atomic E-state index is 14.3. The van der Waals surface area contributed by atoms with Gasteiger partial charge in [-0.3, -0.25) is 0 Å². The first-order valence-electron chi connectivity index (χ1n) is 8.00. The maximum Gasteiger partial charge on any atom is 0.129 e. The number of benzene rings is 1. The summed E-state index contributed by atoms with van der Waals surface area (Å²) in [7, 11) is 2.24. The molecule has 2 saturated heterocycles. The summed E-state index contributed by atoms with van der Waals surface area (Å²) in [6, 6.07) is 6.53. The monoisotopic (exact) mass is 310 g/mol. The predicted molar refractivity (Wildman–Crippen MR) is 85.1 cm³/mol. The van der Waals surface area contributed by atoms with Gasteiger partial charge in [-0.15, -0.1) is 0 Å². The van der Waals surface area contributed by atoms with E-state index in [4.69, 9.17) is 11.6 Å². The number of nitrogens with zero attached hydrogens (tertiary/aromatic N) is 1. The molecule has 2 nitrogen and oxygen atoms in total. The molecule has 0 saturated carbocycles. The summed E-state index contributed by atoms with van der Waals surface area (Å²) in [6.07, 6.45) is 4.90. The van der Waals surface area contributed by atoms with Crippen LogP contribution < -0.4 is 5.32 Å². The molecular weight excluding hydrogens is 287 g/mol. The van der Waals surface area contributed by atoms with E-state index >= 15 is 0 Å². The number of fused-ring (bicyclic) bond motifs is 2. The number of piperidine rings is 1. The average Bonchev–Trinajstić information content (AvgIpc) is 2.67. The molecule has 21 heavy (non-hydrogen) atoms. The number of rotatable bonds is 4. The Hall–Kier alpha value is -0.640. The van der Waals surface area contributed by atoms with Crippen molar-refractivity contribution >= 4 is 11.6 Å². The first-order chi connectivity index (χ1) is 10.1. The van der Waals surface area contributed by atoms with Crippen molar-refractivity contribution in [3.05, 3.63) is 34.6 Å². The van der Waals surface area contributed by atoms with Gasteiger partial charge in [0.15, 0.2) is 0 Å². The first kappa shape index (κ1) is 15.3. The van der Waals surface area contributed by atoms with Gasteiger partial charge in [-0.05, 0) is 57.3 Å². The Kier molecular flexibility index (Phi) is 4.53. The van der Waals surface area contributed by atoms with E-state index in [1.54, 1.807) is 6.07 Å². The van der Waals surface area contributed by atoms with Crippen molar-refractivity contribution in [1.82, 2.24) is 10.2 Å². The molecule has 1 aromatic carbocycles. The Morgan fingerprint density at radius 3 is 2.57 bits per heavy atom. The van der Waals surface area contributed by atoms with Crippen molar-refractivity contribution in [2.45, 2.75) is 50.7 Å². The molecule has 3 unspecified atom stereocenters. The fraction of sp³-hybridized carbons (Fsp3) is 0.647. The molecule has 0 radical (unpaired) electrons. The Morgan fingerprint density at radius 2 is 2.00 bits per heavy atom. The highest BCUT2D eigenvalue weighted by Gasteiger charge is 2.41. The highest BCUT2D eigenvalue weighted by molar-refractivity contribution is 6.30. The smallest absolute Gasteiger partial charge is 0.129 e. The quantitative estimate of drug-likeness (QED) is 0.904. The summed E-state index contributed by atoms with van der Waals surface area (Å²) in [4.78, 5) is 2.53. The minimum absolute atomic E-state index is 0.101. The third-order valence-electron chi connectivity index (χ3n) is 5.33. The number of hydrogen-bond acceptors (Lipinski definition) is 2. The lowest BCUT2D eigenvalue weighted by molar-refractivity contribution is 0.112. The fourth-order valence-electron chi connectivity index (χ4n) is 4.23. The standard InChI is InChI=1S/C17H24ClFN2/c1-3-20-17(15-7-4-12(18)10-16(15)19)11-8-13-5-6-14(9-11)21(13)2/h4,7,10-11,13-14,17,20H,3,5-6,8-9H2,1-2H3. The summed E-state index contributed by atoms with van der Waals surface area (Å²) in [5.41, 5.74) is 0.773. The second kappa shape index (κ2) is 6.23. The Bertz CT molecular complexity index is 494. The molecule has 2 aliphatic rings. The van der Waals surface area contributed by atoms with Crippen molar-refractivity contribution in [2.24, 2.45) is 5.92 Å². The van der Waals surface area contributed by atoms with Crippen LogP contribution in [0.4, 0.5) is 4.39 Å². The largest absolute Gasteiger partial charge is 0.310 e. The van der Waals surface area contributed by atoms with E-state index in [2.05, 4.69) is 24.2 Å². The van der Waals surface area contributed by atoms with E-state index in [0.717, 1.165) is 24.9 Å². The van der Waals surface area contributed by atoms with Gasteiger partial charge in [-0.25, -0.2) is 4.39 Å². The molecule has 1 N–H and O–H groups in total. The van der Waals surface area contributed by atoms with Gasteiger partial charge in [0.25, 0.3) is 0 Å². The second-order valence-electron chi connectivity index (χ2n) is 6.48. The van der Waals surface area contributed by atoms with Crippen LogP contribution in [0.2, 0.25) is 5.02 Å². The lowest BCUT2D eigenvalue weighted by atomic mass is 9.82. The van der Waals surface area contributed by atoms with Crippen molar-refractivity contribution in [3.8, 4) is 0 Å². The summed E-state index contributed by atoms with van der Waals surface area (Å²) < 4.78 is 14.3. The van der Waals surface area contributed by atoms with E-state index in [0.29, 0.717) is 23.0 Å². The zero-order chi connectivity index (χ0) is 15.0. The molecule has 2 fully saturated rings. The molecule has 2 heterocycles. The molecule has 4 heteroatoms. The highest BCUT2D eigenvalue weighted by atomic mass is 35.5. The molecule has 0 aromatic heterocycles. The molecule has 3 atom stereocenters. The molecule has 2 aliphatic heterocycles. The van der Waals surface area contributed by atoms with Gasteiger partial charge in [0.2, 0.25) is 0 Å². The zero-order valence-corrected chi connectivity index (χ0v) is 13.5. The summed E-state index contributed by atoms with van der Waals surface area (Å²) in [5.74, 6) is 0.328. The van der Waals surface area contributed by atoms with Gasteiger partial charge in [0.1, 0.15) is 5.82 Å². The zero-order valence-electron chi connectivity index (χ0n) is 12.8. The number of halogens is 2. The normalized spacial score (nSPS) is 30.6. The number of nitrogens with one attached hydrogen (secondary N) is 1. The van der Waals surface area contributed by atoms with Crippen molar-refractivity contribution in [2.75, 3.05) is 13.6 Å². The maximum atomic E-state index is 14.3. The minimum atomic E-state index is -0.181. The molecule has 0 amide bonds. The van der Waals surface area contributed by atoms with Gasteiger partial charge < -0.3 is 10.2 Å². The van der Waals surface area contributed by atoms with Crippen LogP contribution in [0.3, 0.4) is 0 Å². The van der Waals surface area contributed by atoms with Crippen LogP contribution in [-0.2, 0) is 0 Å². The van der Waals surface area contributed by atoms with Crippen LogP contribution in [0.25, 0.3) is 0 Å². The van der Waals surface area contributed by atoms with E-state index in [9.17, 15) is 4.39 Å². The molecule has 3 rings (SSSR count). The fourth-order valence-corrected chi connectivity index (χ4v) is 4.39. The summed E-state index contributed by atoms with van der Waals surface area (Å²) in [6.45, 7) is 2.94. The second-order valence-corrected chi connectivity index (χ2v) is 6.92. The van der Waals surface area contributed by atoms with Crippen LogP contribution in [0.1, 0.15) is 44.2 Å². The first-order valence-corrected chi connectivity index (χ1v) is 8.38. The van der Waals surface area contributed by atoms with Gasteiger partial charge in [0.05, 0.1) is 0 Å². The molecule has 1 aromatic rings. The highest BCUT2D eigenvalue weighted by Crippen LogP contribution is 2.43. The van der Waals surface area contributed by atoms with Gasteiger partial charge in [-0.2, -0.15) is 0 Å². The van der Waals surface area contributed by atoms with Crippen LogP contribution in [-0.4, -0.2) is 30.6 Å². The lowest BCUT2D eigenvalue weighted by Crippen LogP contribution is -2.44. The molecule has 116 valence electrons. The van der Waals surface area contributed by atoms with Gasteiger partial charge in [-0.1, -0.05) is 24.6 Å². The summed E-state index contributed by atoms with van der Waals surface area (Å²) >= 11 is 5.89. The average molecular weight is 311 g/mol. The van der Waals surface area contributed by atoms with Crippen molar-refractivity contribution in [3.63, 3.8) is 0 Å². The van der Waals surface area contributed by atoms with E-state index in [1.807, 2.05) is 6.07 Å². The minimum Gasteiger partial charge on any atom is -0.310 e. The van der Waals surface area contributed by atoms with Crippen LogP contribution in [0.5, 0.6) is 0 Å². The van der Waals surface area contributed by atoms with Gasteiger partial charge in [0, 0.05) is 28.7 Å². The van der Waals surface area contributed by atoms with E-state index < -0.39 is 0 Å². The SMILES string of the molecule is CCNC(c1ccc(Cl)cc1F)C1CC2CCC(C1)N2C. The van der Waals surface area contributed by atoms with Crippen molar-refractivity contribution in [1.29, 1.82) is 0 Å². The third kappa shape index (κ3) is 2.96. The molecule has 0 spiro atoms. The van der Waals surface area contributed by atoms with Crippen LogP contribution >= 0.6 is 11.6 Å². The Labute approximate surface area is 131 Å². The van der Waals surface area contributed by atoms with E-state index in [1.165, 1.54) is 18.9 Å². The third-order valence-corrected chi connectivity index (χ3v) is 5.56. The van der Waals surface area contributed by atoms with E-state index in [-0.39, 0.29) is 11.9 Å². The van der Waals surface area contributed by atoms with Crippen LogP contribution in [0, 0.1) is 11.7 Å². The Morgan fingerprint density at radius 1 is 1.33 bits per heavy atom. The van der Waals surface area contributed by atoms with Crippen LogP contribution in [0.15, 0.2) is 18.2 Å². The topological polar surface area (TPSA) is 15.3 Å². The molecule has 0 aliphatic carbocycles. The predicted octanol–water partition coefficient (Wildman–Crippen LogP) is 4.00.